The quantitative estimate of drug-likeness (QED) is 0.799. The molecule has 0 aromatic carbocycles. The second-order valence-electron chi connectivity index (χ2n) is 7.05. The van der Waals surface area contributed by atoms with Crippen molar-refractivity contribution >= 4 is 0 Å². The van der Waals surface area contributed by atoms with Crippen molar-refractivity contribution in [3.8, 4) is 0 Å². The Kier molecular flexibility index (Phi) is 3.20. The minimum atomic E-state index is 0.192. The van der Waals surface area contributed by atoms with Gasteiger partial charge in [0.05, 0.1) is 0 Å². The second-order valence-corrected chi connectivity index (χ2v) is 7.05. The molecule has 0 unspecified atom stereocenters. The predicted octanol–water partition coefficient (Wildman–Crippen LogP) is 2.91. The van der Waals surface area contributed by atoms with Crippen LogP contribution in [-0.2, 0) is 0 Å². The molecule has 1 heterocycles. The van der Waals surface area contributed by atoms with E-state index in [2.05, 4.69) is 4.90 Å². The minimum Gasteiger partial charge on any atom is -0.324 e. The maximum absolute atomic E-state index is 6.36. The third kappa shape index (κ3) is 2.53. The van der Waals surface area contributed by atoms with Crippen LogP contribution in [0.25, 0.3) is 0 Å². The molecule has 0 bridgehead atoms. The molecule has 0 aromatic heterocycles. The van der Waals surface area contributed by atoms with Gasteiger partial charge in [0, 0.05) is 12.1 Å². The van der Waals surface area contributed by atoms with E-state index in [1.165, 1.54) is 83.8 Å². The lowest BCUT2D eigenvalue weighted by atomic mass is 9.67. The standard InChI is InChI=1S/C15H28N2/c16-15(7-4-8-15)13-17-11-9-14(10-12-17)5-2-1-3-6-14/h1-13,16H2. The van der Waals surface area contributed by atoms with E-state index in [4.69, 9.17) is 5.73 Å². The molecule has 2 N–H and O–H groups in total. The summed E-state index contributed by atoms with van der Waals surface area (Å²) in [7, 11) is 0. The zero-order valence-corrected chi connectivity index (χ0v) is 11.2. The van der Waals surface area contributed by atoms with Crippen LogP contribution in [0.15, 0.2) is 0 Å². The molecule has 3 rings (SSSR count). The van der Waals surface area contributed by atoms with Crippen molar-refractivity contribution in [2.24, 2.45) is 11.1 Å². The van der Waals surface area contributed by atoms with Crippen LogP contribution in [0, 0.1) is 5.41 Å². The summed E-state index contributed by atoms with van der Waals surface area (Å²) in [5.74, 6) is 0. The van der Waals surface area contributed by atoms with Crippen LogP contribution in [0.5, 0.6) is 0 Å². The van der Waals surface area contributed by atoms with Gasteiger partial charge in [0.2, 0.25) is 0 Å². The highest BCUT2D eigenvalue weighted by molar-refractivity contribution is 4.97. The van der Waals surface area contributed by atoms with Gasteiger partial charge < -0.3 is 10.6 Å². The van der Waals surface area contributed by atoms with Crippen LogP contribution in [0.2, 0.25) is 0 Å². The molecule has 0 amide bonds. The number of hydrogen-bond donors (Lipinski definition) is 1. The molecule has 2 saturated carbocycles. The van der Waals surface area contributed by atoms with Gasteiger partial charge in [-0.15, -0.1) is 0 Å². The summed E-state index contributed by atoms with van der Waals surface area (Å²) in [6, 6.07) is 0. The van der Waals surface area contributed by atoms with Crippen molar-refractivity contribution in [3.05, 3.63) is 0 Å². The fraction of sp³-hybridized carbons (Fsp3) is 1.00. The fourth-order valence-electron chi connectivity index (χ4n) is 4.22. The third-order valence-corrected chi connectivity index (χ3v) is 5.72. The van der Waals surface area contributed by atoms with Crippen molar-refractivity contribution in [2.75, 3.05) is 19.6 Å². The molecule has 2 nitrogen and oxygen atoms in total. The molecule has 98 valence electrons. The summed E-state index contributed by atoms with van der Waals surface area (Å²) >= 11 is 0. The molecule has 0 atom stereocenters. The van der Waals surface area contributed by atoms with Gasteiger partial charge in [-0.25, -0.2) is 0 Å². The first kappa shape index (κ1) is 12.0. The smallest absolute Gasteiger partial charge is 0.0283 e. The Balaban J connectivity index is 1.49. The molecule has 0 radical (unpaired) electrons. The average molecular weight is 236 g/mol. The predicted molar refractivity (Wildman–Crippen MR) is 72.0 cm³/mol. The van der Waals surface area contributed by atoms with Crippen molar-refractivity contribution in [1.82, 2.24) is 4.90 Å². The number of likely N-dealkylation sites (tertiary alicyclic amines) is 1. The van der Waals surface area contributed by atoms with Crippen molar-refractivity contribution in [3.63, 3.8) is 0 Å². The van der Waals surface area contributed by atoms with Crippen molar-refractivity contribution in [2.45, 2.75) is 69.7 Å². The van der Waals surface area contributed by atoms with E-state index in [9.17, 15) is 0 Å². The van der Waals surface area contributed by atoms with Gasteiger partial charge in [-0.1, -0.05) is 19.3 Å². The Hall–Kier alpha value is -0.0800. The highest BCUT2D eigenvalue weighted by Gasteiger charge is 2.39. The molecule has 17 heavy (non-hydrogen) atoms. The molecule has 0 aromatic rings. The van der Waals surface area contributed by atoms with Gasteiger partial charge >= 0.3 is 0 Å². The normalized spacial score (nSPS) is 32.3. The van der Waals surface area contributed by atoms with E-state index in [0.29, 0.717) is 0 Å². The molecule has 2 heteroatoms. The van der Waals surface area contributed by atoms with E-state index >= 15 is 0 Å². The van der Waals surface area contributed by atoms with Gasteiger partial charge in [-0.2, -0.15) is 0 Å². The van der Waals surface area contributed by atoms with Crippen LogP contribution >= 0.6 is 0 Å². The molecule has 3 aliphatic rings. The largest absolute Gasteiger partial charge is 0.324 e. The zero-order valence-electron chi connectivity index (χ0n) is 11.2. The maximum Gasteiger partial charge on any atom is 0.0283 e. The first-order valence-corrected chi connectivity index (χ1v) is 7.71. The SMILES string of the molecule is NC1(CN2CCC3(CCCCC3)CC2)CCC1. The molecule has 1 spiro atoms. The summed E-state index contributed by atoms with van der Waals surface area (Å²) in [6.07, 6.45) is 14.2. The van der Waals surface area contributed by atoms with Gasteiger partial charge in [-0.3, -0.25) is 0 Å². The van der Waals surface area contributed by atoms with E-state index in [1.807, 2.05) is 0 Å². The summed E-state index contributed by atoms with van der Waals surface area (Å²) in [6.45, 7) is 3.81. The Morgan fingerprint density at radius 2 is 1.41 bits per heavy atom. The lowest BCUT2D eigenvalue weighted by Gasteiger charge is -2.48. The number of rotatable bonds is 2. The van der Waals surface area contributed by atoms with Crippen molar-refractivity contribution < 1.29 is 0 Å². The van der Waals surface area contributed by atoms with Crippen LogP contribution < -0.4 is 5.73 Å². The summed E-state index contributed by atoms with van der Waals surface area (Å²) in [5, 5.41) is 0. The zero-order chi connectivity index (χ0) is 11.8. The number of hydrogen-bond acceptors (Lipinski definition) is 2. The number of piperidine rings is 1. The van der Waals surface area contributed by atoms with E-state index in [0.717, 1.165) is 5.41 Å². The molecule has 2 aliphatic carbocycles. The Bertz CT molecular complexity index is 254. The number of nitrogens with two attached hydrogens (primary N) is 1. The maximum atomic E-state index is 6.36. The lowest BCUT2D eigenvalue weighted by molar-refractivity contribution is 0.0442. The topological polar surface area (TPSA) is 29.3 Å². The Morgan fingerprint density at radius 3 is 1.94 bits per heavy atom. The Morgan fingerprint density at radius 1 is 0.765 bits per heavy atom. The summed E-state index contributed by atoms with van der Waals surface area (Å²) < 4.78 is 0. The first-order chi connectivity index (χ1) is 8.20. The Labute approximate surface area is 106 Å². The van der Waals surface area contributed by atoms with Crippen LogP contribution in [0.3, 0.4) is 0 Å². The highest BCUT2D eigenvalue weighted by Crippen LogP contribution is 2.45. The first-order valence-electron chi connectivity index (χ1n) is 7.71. The van der Waals surface area contributed by atoms with E-state index in [1.54, 1.807) is 0 Å². The van der Waals surface area contributed by atoms with Crippen LogP contribution in [0.4, 0.5) is 0 Å². The van der Waals surface area contributed by atoms with Crippen LogP contribution in [-0.4, -0.2) is 30.1 Å². The third-order valence-electron chi connectivity index (χ3n) is 5.72. The summed E-state index contributed by atoms with van der Waals surface area (Å²) in [5.41, 5.74) is 7.30. The number of nitrogens with zero attached hydrogens (tertiary/aromatic N) is 1. The molecular formula is C15H28N2. The molecule has 1 aliphatic heterocycles. The molecule has 1 saturated heterocycles. The van der Waals surface area contributed by atoms with Gasteiger partial charge in [0.25, 0.3) is 0 Å². The average Bonchev–Trinajstić information content (AvgIpc) is 2.32. The van der Waals surface area contributed by atoms with E-state index in [-0.39, 0.29) is 5.54 Å². The van der Waals surface area contributed by atoms with Gasteiger partial charge in [0.15, 0.2) is 0 Å². The molecule has 3 fully saturated rings. The monoisotopic (exact) mass is 236 g/mol. The van der Waals surface area contributed by atoms with Gasteiger partial charge in [-0.05, 0) is 63.5 Å². The molecular weight excluding hydrogens is 208 g/mol. The second kappa shape index (κ2) is 4.55. The van der Waals surface area contributed by atoms with E-state index < -0.39 is 0 Å². The summed E-state index contributed by atoms with van der Waals surface area (Å²) in [4.78, 5) is 2.65. The van der Waals surface area contributed by atoms with Gasteiger partial charge in [0.1, 0.15) is 0 Å². The van der Waals surface area contributed by atoms with Crippen LogP contribution in [0.1, 0.15) is 64.2 Å². The lowest BCUT2D eigenvalue weighted by Crippen LogP contribution is -2.56. The van der Waals surface area contributed by atoms with Crippen molar-refractivity contribution in [1.29, 1.82) is 0 Å². The fourth-order valence-corrected chi connectivity index (χ4v) is 4.22. The highest BCUT2D eigenvalue weighted by atomic mass is 15.2. The minimum absolute atomic E-state index is 0.192.